The Balaban J connectivity index is 2.50. The SMILES string of the molecule is CCc1c(C)nc(-c2ccc(F)cc2)nc1Br. The average molecular weight is 295 g/mol. The van der Waals surface area contributed by atoms with Gasteiger partial charge in [-0.2, -0.15) is 0 Å². The van der Waals surface area contributed by atoms with Crippen molar-refractivity contribution in [3.8, 4) is 11.4 Å². The standard InChI is InChI=1S/C13H12BrFN2/c1-3-11-8(2)16-13(17-12(11)14)9-4-6-10(15)7-5-9/h4-7H,3H2,1-2H3. The molecule has 0 N–H and O–H groups in total. The van der Waals surface area contributed by atoms with Crippen LogP contribution >= 0.6 is 15.9 Å². The minimum atomic E-state index is -0.255. The fourth-order valence-corrected chi connectivity index (χ4v) is 2.43. The second-order valence-corrected chi connectivity index (χ2v) is 4.51. The van der Waals surface area contributed by atoms with Crippen molar-refractivity contribution >= 4 is 15.9 Å². The molecule has 1 aromatic heterocycles. The molecule has 17 heavy (non-hydrogen) atoms. The largest absolute Gasteiger partial charge is 0.233 e. The molecule has 0 aliphatic rings. The fraction of sp³-hybridized carbons (Fsp3) is 0.231. The van der Waals surface area contributed by atoms with Crippen LogP contribution in [-0.4, -0.2) is 9.97 Å². The number of aryl methyl sites for hydroxylation is 1. The van der Waals surface area contributed by atoms with E-state index in [2.05, 4.69) is 32.8 Å². The first-order valence-electron chi connectivity index (χ1n) is 5.40. The average Bonchev–Trinajstić information content (AvgIpc) is 2.29. The number of halogens is 2. The predicted molar refractivity (Wildman–Crippen MR) is 69.2 cm³/mol. The Kier molecular flexibility index (Phi) is 3.52. The molecule has 1 aromatic carbocycles. The van der Waals surface area contributed by atoms with Crippen LogP contribution in [0.3, 0.4) is 0 Å². The summed E-state index contributed by atoms with van der Waals surface area (Å²) in [5, 5.41) is 0. The van der Waals surface area contributed by atoms with Crippen LogP contribution in [0.25, 0.3) is 11.4 Å². The third-order valence-corrected chi connectivity index (χ3v) is 3.28. The molecule has 0 unspecified atom stereocenters. The topological polar surface area (TPSA) is 25.8 Å². The zero-order chi connectivity index (χ0) is 12.4. The maximum atomic E-state index is 12.8. The summed E-state index contributed by atoms with van der Waals surface area (Å²) in [7, 11) is 0. The lowest BCUT2D eigenvalue weighted by atomic mass is 10.1. The van der Waals surface area contributed by atoms with E-state index >= 15 is 0 Å². The van der Waals surface area contributed by atoms with Crippen LogP contribution in [-0.2, 0) is 6.42 Å². The second-order valence-electron chi connectivity index (χ2n) is 3.76. The van der Waals surface area contributed by atoms with Gasteiger partial charge in [0.1, 0.15) is 10.4 Å². The van der Waals surface area contributed by atoms with Crippen LogP contribution in [0.5, 0.6) is 0 Å². The first kappa shape index (κ1) is 12.2. The van der Waals surface area contributed by atoms with Gasteiger partial charge < -0.3 is 0 Å². The van der Waals surface area contributed by atoms with E-state index in [4.69, 9.17) is 0 Å². The molecule has 0 saturated carbocycles. The van der Waals surface area contributed by atoms with Gasteiger partial charge in [0.25, 0.3) is 0 Å². The number of hydrogen-bond acceptors (Lipinski definition) is 2. The Morgan fingerprint density at radius 2 is 1.82 bits per heavy atom. The van der Waals surface area contributed by atoms with Crippen molar-refractivity contribution in [3.05, 3.63) is 45.9 Å². The van der Waals surface area contributed by atoms with E-state index in [1.54, 1.807) is 12.1 Å². The summed E-state index contributed by atoms with van der Waals surface area (Å²) >= 11 is 3.44. The maximum Gasteiger partial charge on any atom is 0.160 e. The minimum Gasteiger partial charge on any atom is -0.233 e. The summed E-state index contributed by atoms with van der Waals surface area (Å²) in [6.45, 7) is 4.02. The quantitative estimate of drug-likeness (QED) is 0.785. The van der Waals surface area contributed by atoms with E-state index in [9.17, 15) is 4.39 Å². The Morgan fingerprint density at radius 3 is 2.35 bits per heavy atom. The van der Waals surface area contributed by atoms with Crippen LogP contribution in [0, 0.1) is 12.7 Å². The van der Waals surface area contributed by atoms with Gasteiger partial charge in [-0.25, -0.2) is 14.4 Å². The van der Waals surface area contributed by atoms with Crippen molar-refractivity contribution in [1.82, 2.24) is 9.97 Å². The van der Waals surface area contributed by atoms with Gasteiger partial charge in [-0.15, -0.1) is 0 Å². The molecular weight excluding hydrogens is 283 g/mol. The van der Waals surface area contributed by atoms with Gasteiger partial charge in [-0.3, -0.25) is 0 Å². The summed E-state index contributed by atoms with van der Waals surface area (Å²) in [6.07, 6.45) is 0.885. The lowest BCUT2D eigenvalue weighted by molar-refractivity contribution is 0.628. The van der Waals surface area contributed by atoms with Gasteiger partial charge in [0.2, 0.25) is 0 Å². The molecule has 2 nitrogen and oxygen atoms in total. The molecule has 0 aliphatic heterocycles. The summed E-state index contributed by atoms with van der Waals surface area (Å²) in [4.78, 5) is 8.83. The molecule has 4 heteroatoms. The highest BCUT2D eigenvalue weighted by molar-refractivity contribution is 9.10. The van der Waals surface area contributed by atoms with Gasteiger partial charge >= 0.3 is 0 Å². The first-order valence-corrected chi connectivity index (χ1v) is 6.20. The molecule has 0 bridgehead atoms. The fourth-order valence-electron chi connectivity index (χ4n) is 1.69. The number of rotatable bonds is 2. The van der Waals surface area contributed by atoms with Gasteiger partial charge in [0.05, 0.1) is 0 Å². The van der Waals surface area contributed by atoms with Crippen LogP contribution in [0.1, 0.15) is 18.2 Å². The number of nitrogens with zero attached hydrogens (tertiary/aromatic N) is 2. The van der Waals surface area contributed by atoms with Gasteiger partial charge in [0, 0.05) is 16.8 Å². The van der Waals surface area contributed by atoms with Crippen molar-refractivity contribution in [1.29, 1.82) is 0 Å². The maximum absolute atomic E-state index is 12.8. The van der Waals surface area contributed by atoms with Crippen molar-refractivity contribution in [2.75, 3.05) is 0 Å². The summed E-state index contributed by atoms with van der Waals surface area (Å²) in [6, 6.07) is 6.19. The third kappa shape index (κ3) is 2.52. The normalized spacial score (nSPS) is 10.6. The summed E-state index contributed by atoms with van der Waals surface area (Å²) in [5.74, 6) is 0.362. The summed E-state index contributed by atoms with van der Waals surface area (Å²) in [5.41, 5.74) is 2.88. The monoisotopic (exact) mass is 294 g/mol. The van der Waals surface area contributed by atoms with Gasteiger partial charge in [-0.05, 0) is 53.5 Å². The van der Waals surface area contributed by atoms with E-state index in [-0.39, 0.29) is 5.82 Å². The smallest absolute Gasteiger partial charge is 0.160 e. The highest BCUT2D eigenvalue weighted by Gasteiger charge is 2.09. The van der Waals surface area contributed by atoms with Crippen LogP contribution in [0.15, 0.2) is 28.9 Å². The Hall–Kier alpha value is -1.29. The molecule has 88 valence electrons. The van der Waals surface area contributed by atoms with Crippen molar-refractivity contribution in [3.63, 3.8) is 0 Å². The predicted octanol–water partition coefficient (Wildman–Crippen LogP) is 3.92. The number of aromatic nitrogens is 2. The highest BCUT2D eigenvalue weighted by atomic mass is 79.9. The van der Waals surface area contributed by atoms with Crippen LogP contribution in [0.4, 0.5) is 4.39 Å². The van der Waals surface area contributed by atoms with Crippen LogP contribution < -0.4 is 0 Å². The first-order chi connectivity index (χ1) is 8.11. The molecule has 0 atom stereocenters. The van der Waals surface area contributed by atoms with E-state index in [0.29, 0.717) is 5.82 Å². The van der Waals surface area contributed by atoms with E-state index in [0.717, 1.165) is 27.8 Å². The molecule has 0 spiro atoms. The molecular formula is C13H12BrFN2. The van der Waals surface area contributed by atoms with Crippen LogP contribution in [0.2, 0.25) is 0 Å². The second kappa shape index (κ2) is 4.92. The van der Waals surface area contributed by atoms with Gasteiger partial charge in [0.15, 0.2) is 5.82 Å². The molecule has 0 radical (unpaired) electrons. The zero-order valence-electron chi connectivity index (χ0n) is 9.67. The zero-order valence-corrected chi connectivity index (χ0v) is 11.3. The Bertz CT molecular complexity index is 515. The highest BCUT2D eigenvalue weighted by Crippen LogP contribution is 2.23. The third-order valence-electron chi connectivity index (χ3n) is 2.62. The molecule has 0 saturated heterocycles. The molecule has 1 heterocycles. The Morgan fingerprint density at radius 1 is 1.18 bits per heavy atom. The van der Waals surface area contributed by atoms with Gasteiger partial charge in [-0.1, -0.05) is 6.92 Å². The number of benzene rings is 1. The molecule has 0 amide bonds. The van der Waals surface area contributed by atoms with Crippen molar-refractivity contribution < 1.29 is 4.39 Å². The van der Waals surface area contributed by atoms with E-state index < -0.39 is 0 Å². The minimum absolute atomic E-state index is 0.255. The van der Waals surface area contributed by atoms with E-state index in [1.807, 2.05) is 6.92 Å². The van der Waals surface area contributed by atoms with Crippen molar-refractivity contribution in [2.45, 2.75) is 20.3 Å². The number of hydrogen-bond donors (Lipinski definition) is 0. The molecule has 0 fully saturated rings. The lowest BCUT2D eigenvalue weighted by Gasteiger charge is -2.07. The molecule has 2 aromatic rings. The molecule has 0 aliphatic carbocycles. The summed E-state index contributed by atoms with van der Waals surface area (Å²) < 4.78 is 13.6. The van der Waals surface area contributed by atoms with E-state index in [1.165, 1.54) is 12.1 Å². The van der Waals surface area contributed by atoms with Crippen molar-refractivity contribution in [2.24, 2.45) is 0 Å². The lowest BCUT2D eigenvalue weighted by Crippen LogP contribution is -1.99. The molecule has 2 rings (SSSR count). The Labute approximate surface area is 108 Å².